The van der Waals surface area contributed by atoms with E-state index in [1.54, 1.807) is 0 Å². The smallest absolute Gasteiger partial charge is 0.242 e. The molecule has 0 aliphatic carbocycles. The van der Waals surface area contributed by atoms with Crippen molar-refractivity contribution in [2.45, 2.75) is 51.5 Å². The molecule has 3 rings (SSSR count). The average Bonchev–Trinajstić information content (AvgIpc) is 2.61. The first-order valence-electron chi connectivity index (χ1n) is 9.68. The number of likely N-dealkylation sites (N-methyl/N-ethyl adjacent to an activating group) is 1. The van der Waals surface area contributed by atoms with Gasteiger partial charge in [0.25, 0.3) is 0 Å². The molecule has 1 spiro atoms. The van der Waals surface area contributed by atoms with Gasteiger partial charge in [0.2, 0.25) is 5.91 Å². The Hall–Kier alpha value is -1.39. The number of nitrogens with zero attached hydrogens (tertiary/aromatic N) is 2. The quantitative estimate of drug-likeness (QED) is 0.918. The van der Waals surface area contributed by atoms with E-state index in [-0.39, 0.29) is 5.91 Å². The van der Waals surface area contributed by atoms with E-state index in [1.807, 2.05) is 18.7 Å². The lowest BCUT2D eigenvalue weighted by atomic mass is 9.68. The molecule has 2 fully saturated rings. The van der Waals surface area contributed by atoms with E-state index in [4.69, 9.17) is 5.73 Å². The topological polar surface area (TPSA) is 49.6 Å². The summed E-state index contributed by atoms with van der Waals surface area (Å²) in [5, 5.41) is 0. The summed E-state index contributed by atoms with van der Waals surface area (Å²) in [6, 6.07) is 10.9. The third-order valence-electron chi connectivity index (χ3n) is 6.10. The first-order chi connectivity index (χ1) is 11.8. The molecule has 0 saturated carbocycles. The SMILES string of the molecule is CCN1C[C@H](c2ccccc2)CC2(CCN(C(=O)C(C)(C)N)CC2)C1. The highest BCUT2D eigenvalue weighted by atomic mass is 16.2. The maximum absolute atomic E-state index is 12.5. The molecule has 4 nitrogen and oxygen atoms in total. The molecule has 25 heavy (non-hydrogen) atoms. The molecule has 4 heteroatoms. The minimum atomic E-state index is -0.765. The summed E-state index contributed by atoms with van der Waals surface area (Å²) in [4.78, 5) is 17.1. The zero-order valence-corrected chi connectivity index (χ0v) is 16.0. The molecule has 0 aromatic heterocycles. The zero-order chi connectivity index (χ0) is 18.1. The Morgan fingerprint density at radius 1 is 1.24 bits per heavy atom. The van der Waals surface area contributed by atoms with Crippen LogP contribution < -0.4 is 5.73 Å². The number of nitrogens with two attached hydrogens (primary N) is 1. The third kappa shape index (κ3) is 4.06. The minimum Gasteiger partial charge on any atom is -0.341 e. The molecular weight excluding hydrogens is 310 g/mol. The van der Waals surface area contributed by atoms with Gasteiger partial charge in [-0.2, -0.15) is 0 Å². The Bertz CT molecular complexity index is 585. The highest BCUT2D eigenvalue weighted by Gasteiger charge is 2.43. The van der Waals surface area contributed by atoms with E-state index < -0.39 is 5.54 Å². The maximum atomic E-state index is 12.5. The molecule has 1 aromatic carbocycles. The third-order valence-corrected chi connectivity index (χ3v) is 6.10. The highest BCUT2D eigenvalue weighted by Crippen LogP contribution is 2.45. The Morgan fingerprint density at radius 3 is 2.44 bits per heavy atom. The van der Waals surface area contributed by atoms with Gasteiger partial charge >= 0.3 is 0 Å². The van der Waals surface area contributed by atoms with Crippen LogP contribution in [0, 0.1) is 5.41 Å². The number of hydrogen-bond acceptors (Lipinski definition) is 3. The molecular formula is C21H33N3O. The van der Waals surface area contributed by atoms with Gasteiger partial charge in [0.05, 0.1) is 5.54 Å². The van der Waals surface area contributed by atoms with Gasteiger partial charge in [-0.3, -0.25) is 4.79 Å². The normalized spacial score (nSPS) is 24.5. The largest absolute Gasteiger partial charge is 0.341 e. The van der Waals surface area contributed by atoms with Crippen LogP contribution in [0.3, 0.4) is 0 Å². The molecule has 1 aromatic rings. The number of carbonyl (C=O) groups is 1. The van der Waals surface area contributed by atoms with Gasteiger partial charge in [-0.25, -0.2) is 0 Å². The fourth-order valence-corrected chi connectivity index (χ4v) is 4.65. The van der Waals surface area contributed by atoms with Gasteiger partial charge in [-0.15, -0.1) is 0 Å². The monoisotopic (exact) mass is 343 g/mol. The zero-order valence-electron chi connectivity index (χ0n) is 16.0. The van der Waals surface area contributed by atoms with Crippen LogP contribution in [0.2, 0.25) is 0 Å². The lowest BCUT2D eigenvalue weighted by Crippen LogP contribution is -2.57. The van der Waals surface area contributed by atoms with Crippen molar-refractivity contribution in [1.82, 2.24) is 9.80 Å². The van der Waals surface area contributed by atoms with E-state index in [2.05, 4.69) is 42.2 Å². The lowest BCUT2D eigenvalue weighted by molar-refractivity contribution is -0.139. The Kier molecular flexibility index (Phi) is 5.21. The summed E-state index contributed by atoms with van der Waals surface area (Å²) < 4.78 is 0. The Labute approximate surface area is 152 Å². The molecule has 2 aliphatic heterocycles. The number of hydrogen-bond donors (Lipinski definition) is 1. The first-order valence-corrected chi connectivity index (χ1v) is 9.68. The van der Waals surface area contributed by atoms with E-state index in [0.717, 1.165) is 39.0 Å². The molecule has 1 amide bonds. The van der Waals surface area contributed by atoms with Crippen LogP contribution in [-0.4, -0.2) is 54.0 Å². The number of carbonyl (C=O) groups excluding carboxylic acids is 1. The van der Waals surface area contributed by atoms with Crippen LogP contribution in [0.25, 0.3) is 0 Å². The van der Waals surface area contributed by atoms with Gasteiger partial charge in [-0.05, 0) is 56.6 Å². The highest BCUT2D eigenvalue weighted by molar-refractivity contribution is 5.85. The molecule has 1 atom stereocenters. The van der Waals surface area contributed by atoms with Crippen molar-refractivity contribution in [3.05, 3.63) is 35.9 Å². The van der Waals surface area contributed by atoms with Crippen LogP contribution in [0.4, 0.5) is 0 Å². The van der Waals surface area contributed by atoms with Crippen molar-refractivity contribution in [3.8, 4) is 0 Å². The second-order valence-corrected chi connectivity index (χ2v) is 8.65. The molecule has 2 aliphatic rings. The Balaban J connectivity index is 1.72. The first kappa shape index (κ1) is 18.4. The van der Waals surface area contributed by atoms with E-state index in [0.29, 0.717) is 11.3 Å². The van der Waals surface area contributed by atoms with Crippen molar-refractivity contribution in [2.75, 3.05) is 32.7 Å². The van der Waals surface area contributed by atoms with Crippen LogP contribution in [-0.2, 0) is 4.79 Å². The fraction of sp³-hybridized carbons (Fsp3) is 0.667. The number of piperidine rings is 2. The molecule has 0 unspecified atom stereocenters. The molecule has 0 bridgehead atoms. The van der Waals surface area contributed by atoms with Crippen LogP contribution in [0.5, 0.6) is 0 Å². The molecule has 0 radical (unpaired) electrons. The number of amides is 1. The molecule has 2 heterocycles. The van der Waals surface area contributed by atoms with Crippen molar-refractivity contribution >= 4 is 5.91 Å². The molecule has 2 N–H and O–H groups in total. The van der Waals surface area contributed by atoms with Gasteiger partial charge < -0.3 is 15.5 Å². The number of likely N-dealkylation sites (tertiary alicyclic amines) is 2. The van der Waals surface area contributed by atoms with Crippen LogP contribution in [0.15, 0.2) is 30.3 Å². The van der Waals surface area contributed by atoms with E-state index >= 15 is 0 Å². The van der Waals surface area contributed by atoms with Gasteiger partial charge in [0, 0.05) is 26.2 Å². The van der Waals surface area contributed by atoms with Gasteiger partial charge in [0.1, 0.15) is 0 Å². The van der Waals surface area contributed by atoms with Gasteiger partial charge in [-0.1, -0.05) is 37.3 Å². The summed E-state index contributed by atoms with van der Waals surface area (Å²) in [6.45, 7) is 11.0. The second kappa shape index (κ2) is 7.08. The van der Waals surface area contributed by atoms with Crippen molar-refractivity contribution in [3.63, 3.8) is 0 Å². The van der Waals surface area contributed by atoms with E-state index in [1.165, 1.54) is 18.5 Å². The lowest BCUT2D eigenvalue weighted by Gasteiger charge is -2.50. The summed E-state index contributed by atoms with van der Waals surface area (Å²) in [6.07, 6.45) is 3.42. The number of rotatable bonds is 3. The molecule has 2 saturated heterocycles. The average molecular weight is 344 g/mol. The minimum absolute atomic E-state index is 0.0881. The summed E-state index contributed by atoms with van der Waals surface area (Å²) in [7, 11) is 0. The molecule has 138 valence electrons. The maximum Gasteiger partial charge on any atom is 0.242 e. The fourth-order valence-electron chi connectivity index (χ4n) is 4.65. The standard InChI is InChI=1S/C21H33N3O/c1-4-23-15-18(17-8-6-5-7-9-17)14-21(16-23)10-12-24(13-11-21)19(25)20(2,3)22/h5-9,18H,4,10-16,22H2,1-3H3/t18-/m1/s1. The van der Waals surface area contributed by atoms with Crippen molar-refractivity contribution < 1.29 is 4.79 Å². The van der Waals surface area contributed by atoms with Crippen LogP contribution in [0.1, 0.15) is 51.5 Å². The summed E-state index contributed by atoms with van der Waals surface area (Å²) in [5.41, 5.74) is 7.05. The summed E-state index contributed by atoms with van der Waals surface area (Å²) >= 11 is 0. The summed E-state index contributed by atoms with van der Waals surface area (Å²) in [5.74, 6) is 0.688. The predicted octanol–water partition coefficient (Wildman–Crippen LogP) is 2.84. The van der Waals surface area contributed by atoms with Crippen LogP contribution >= 0.6 is 0 Å². The predicted molar refractivity (Wildman–Crippen MR) is 102 cm³/mol. The second-order valence-electron chi connectivity index (χ2n) is 8.65. The van der Waals surface area contributed by atoms with Crippen molar-refractivity contribution in [1.29, 1.82) is 0 Å². The van der Waals surface area contributed by atoms with Crippen molar-refractivity contribution in [2.24, 2.45) is 11.1 Å². The Morgan fingerprint density at radius 2 is 1.88 bits per heavy atom. The van der Waals surface area contributed by atoms with Gasteiger partial charge in [0.15, 0.2) is 0 Å². The number of benzene rings is 1. The van der Waals surface area contributed by atoms with E-state index in [9.17, 15) is 4.79 Å².